The molecule has 0 aliphatic carbocycles. The lowest BCUT2D eigenvalue weighted by Crippen LogP contribution is -2.07. The second-order valence-electron chi connectivity index (χ2n) is 4.52. The first kappa shape index (κ1) is 16.1. The van der Waals surface area contributed by atoms with E-state index in [0.29, 0.717) is 11.3 Å². The molecule has 1 atom stereocenters. The van der Waals surface area contributed by atoms with Crippen molar-refractivity contribution in [1.29, 1.82) is 5.26 Å². The van der Waals surface area contributed by atoms with Crippen molar-refractivity contribution >= 4 is 21.6 Å². The van der Waals surface area contributed by atoms with E-state index in [-0.39, 0.29) is 11.7 Å². The summed E-state index contributed by atoms with van der Waals surface area (Å²) < 4.78 is 24.0. The van der Waals surface area contributed by atoms with Crippen molar-refractivity contribution in [3.05, 3.63) is 29.8 Å². The van der Waals surface area contributed by atoms with Crippen LogP contribution in [0.3, 0.4) is 0 Å². The molecule has 0 spiro atoms. The number of thiocyanates is 1. The second-order valence-corrected chi connectivity index (χ2v) is 7.51. The Labute approximate surface area is 119 Å². The fourth-order valence-electron chi connectivity index (χ4n) is 1.85. The molecule has 0 heterocycles. The van der Waals surface area contributed by atoms with E-state index in [9.17, 15) is 8.42 Å². The number of nitriles is 1. The zero-order chi connectivity index (χ0) is 14.3. The molecule has 0 aliphatic heterocycles. The van der Waals surface area contributed by atoms with Crippen LogP contribution in [-0.4, -0.2) is 19.9 Å². The third-order valence-electron chi connectivity index (χ3n) is 2.98. The van der Waals surface area contributed by atoms with Crippen LogP contribution < -0.4 is 0 Å². The van der Waals surface area contributed by atoms with Crippen molar-refractivity contribution in [2.75, 3.05) is 11.5 Å². The average molecular weight is 297 g/mol. The number of hydrogen-bond acceptors (Lipinski definition) is 4. The topological polar surface area (TPSA) is 57.9 Å². The summed E-state index contributed by atoms with van der Waals surface area (Å²) in [5, 5.41) is 10.5. The Morgan fingerprint density at radius 1 is 1.42 bits per heavy atom. The Morgan fingerprint density at radius 2 is 2.16 bits per heavy atom. The molecule has 0 N–H and O–H groups in total. The number of thioether (sulfide) groups is 1. The Morgan fingerprint density at radius 3 is 2.79 bits per heavy atom. The highest BCUT2D eigenvalue weighted by Gasteiger charge is 2.15. The fourth-order valence-corrected chi connectivity index (χ4v) is 3.79. The zero-order valence-corrected chi connectivity index (χ0v) is 12.9. The van der Waals surface area contributed by atoms with Crippen LogP contribution in [0.25, 0.3) is 0 Å². The highest BCUT2D eigenvalue weighted by Crippen LogP contribution is 2.24. The molecule has 1 unspecified atom stereocenters. The molecule has 0 fully saturated rings. The van der Waals surface area contributed by atoms with E-state index < -0.39 is 9.84 Å². The van der Waals surface area contributed by atoms with Gasteiger partial charge in [0.15, 0.2) is 9.84 Å². The van der Waals surface area contributed by atoms with Crippen LogP contribution >= 0.6 is 11.8 Å². The highest BCUT2D eigenvalue weighted by atomic mass is 32.2. The van der Waals surface area contributed by atoms with E-state index in [1.807, 2.05) is 18.4 Å². The second kappa shape index (κ2) is 7.56. The van der Waals surface area contributed by atoms with Crippen molar-refractivity contribution in [2.24, 2.45) is 0 Å². The molecule has 0 amide bonds. The van der Waals surface area contributed by atoms with Gasteiger partial charge in [0.05, 0.1) is 10.6 Å². The average Bonchev–Trinajstić information content (AvgIpc) is 2.39. The van der Waals surface area contributed by atoms with Crippen molar-refractivity contribution in [3.8, 4) is 5.40 Å². The van der Waals surface area contributed by atoms with Crippen molar-refractivity contribution in [2.45, 2.75) is 37.5 Å². The summed E-state index contributed by atoms with van der Waals surface area (Å²) in [6.07, 6.45) is 1.50. The lowest BCUT2D eigenvalue weighted by Gasteiger charge is -2.12. The number of benzene rings is 1. The summed E-state index contributed by atoms with van der Waals surface area (Å²) in [7, 11) is -3.15. The van der Waals surface area contributed by atoms with Crippen LogP contribution in [0.5, 0.6) is 0 Å². The minimum Gasteiger partial charge on any atom is -0.224 e. The molecule has 19 heavy (non-hydrogen) atoms. The zero-order valence-electron chi connectivity index (χ0n) is 11.3. The molecule has 0 aromatic heterocycles. The van der Waals surface area contributed by atoms with Crippen LogP contribution in [0.2, 0.25) is 0 Å². The minimum absolute atomic E-state index is 0.190. The molecule has 104 valence electrons. The molecule has 3 nitrogen and oxygen atoms in total. The predicted octanol–water partition coefficient (Wildman–Crippen LogP) is 3.58. The molecule has 0 radical (unpaired) electrons. The molecule has 0 saturated carbocycles. The largest absolute Gasteiger partial charge is 0.224 e. The lowest BCUT2D eigenvalue weighted by molar-refractivity contribution is 0.594. The Bertz CT molecular complexity index is 547. The van der Waals surface area contributed by atoms with Gasteiger partial charge in [-0.15, -0.1) is 0 Å². The van der Waals surface area contributed by atoms with Gasteiger partial charge in [-0.25, -0.2) is 8.42 Å². The van der Waals surface area contributed by atoms with Crippen molar-refractivity contribution in [3.63, 3.8) is 0 Å². The van der Waals surface area contributed by atoms with Gasteiger partial charge in [0, 0.05) is 5.75 Å². The van der Waals surface area contributed by atoms with Crippen molar-refractivity contribution in [1.82, 2.24) is 0 Å². The molecule has 5 heteroatoms. The first-order valence-corrected chi connectivity index (χ1v) is 8.98. The van der Waals surface area contributed by atoms with E-state index in [2.05, 4.69) is 6.92 Å². The minimum atomic E-state index is -3.15. The van der Waals surface area contributed by atoms with Gasteiger partial charge in [0.1, 0.15) is 5.40 Å². The molecule has 1 aromatic carbocycles. The number of hydrogen-bond donors (Lipinski definition) is 0. The molecule has 1 aromatic rings. The Balaban J connectivity index is 2.86. The maximum absolute atomic E-state index is 12.0. The molecule has 0 saturated heterocycles. The number of sulfone groups is 1. The first-order chi connectivity index (χ1) is 9.01. The van der Waals surface area contributed by atoms with Gasteiger partial charge in [-0.3, -0.25) is 0 Å². The number of nitrogens with zero attached hydrogens (tertiary/aromatic N) is 1. The summed E-state index contributed by atoms with van der Waals surface area (Å²) in [6, 6.07) is 7.18. The van der Waals surface area contributed by atoms with Gasteiger partial charge in [-0.2, -0.15) is 5.26 Å². The third-order valence-corrected chi connectivity index (χ3v) is 5.46. The molecular weight excluding hydrogens is 278 g/mol. The van der Waals surface area contributed by atoms with E-state index in [0.717, 1.165) is 17.7 Å². The molecule has 1 rings (SSSR count). The van der Waals surface area contributed by atoms with E-state index in [1.165, 1.54) is 11.8 Å². The monoisotopic (exact) mass is 297 g/mol. The van der Waals surface area contributed by atoms with Gasteiger partial charge < -0.3 is 0 Å². The standard InChI is InChI=1S/C14H19NO2S2/c1-3-9-19(16,17)14-6-4-5-13(10-14)12(2)7-8-18-11-15/h4-6,10,12H,3,7-9H2,1-2H3. The van der Waals surface area contributed by atoms with Crippen LogP contribution in [0.4, 0.5) is 0 Å². The molecule has 0 bridgehead atoms. The van der Waals surface area contributed by atoms with E-state index >= 15 is 0 Å². The van der Waals surface area contributed by atoms with E-state index in [1.54, 1.807) is 18.2 Å². The Hall–Kier alpha value is -0.990. The van der Waals surface area contributed by atoms with Gasteiger partial charge in [-0.05, 0) is 48.2 Å². The smallest absolute Gasteiger partial charge is 0.178 e. The Kier molecular flexibility index (Phi) is 6.40. The maximum Gasteiger partial charge on any atom is 0.178 e. The maximum atomic E-state index is 12.0. The molecular formula is C14H19NO2S2. The SMILES string of the molecule is CCCS(=O)(=O)c1cccc(C(C)CCSC#N)c1. The summed E-state index contributed by atoms with van der Waals surface area (Å²) in [5.41, 5.74) is 1.02. The quantitative estimate of drug-likeness (QED) is 0.570. The third kappa shape index (κ3) is 4.88. The number of rotatable bonds is 7. The van der Waals surface area contributed by atoms with Crippen LogP contribution in [0.1, 0.15) is 38.2 Å². The van der Waals surface area contributed by atoms with Crippen LogP contribution in [0, 0.1) is 10.7 Å². The van der Waals surface area contributed by atoms with Crippen LogP contribution in [-0.2, 0) is 9.84 Å². The van der Waals surface area contributed by atoms with Crippen LogP contribution in [0.15, 0.2) is 29.2 Å². The van der Waals surface area contributed by atoms with Gasteiger partial charge in [0.2, 0.25) is 0 Å². The van der Waals surface area contributed by atoms with Crippen molar-refractivity contribution < 1.29 is 8.42 Å². The van der Waals surface area contributed by atoms with Gasteiger partial charge in [0.25, 0.3) is 0 Å². The van der Waals surface area contributed by atoms with E-state index in [4.69, 9.17) is 5.26 Å². The summed E-state index contributed by atoms with van der Waals surface area (Å²) in [4.78, 5) is 0.409. The van der Waals surface area contributed by atoms with Gasteiger partial charge in [-0.1, -0.05) is 26.0 Å². The fraction of sp³-hybridized carbons (Fsp3) is 0.500. The molecule has 0 aliphatic rings. The summed E-state index contributed by atoms with van der Waals surface area (Å²) >= 11 is 1.24. The van der Waals surface area contributed by atoms with Gasteiger partial charge >= 0.3 is 0 Å². The highest BCUT2D eigenvalue weighted by molar-refractivity contribution is 8.03. The summed E-state index contributed by atoms with van der Waals surface area (Å²) in [5.74, 6) is 1.22. The summed E-state index contributed by atoms with van der Waals surface area (Å²) in [6.45, 7) is 3.92. The normalized spacial score (nSPS) is 12.9. The first-order valence-electron chi connectivity index (χ1n) is 6.35. The lowest BCUT2D eigenvalue weighted by atomic mass is 9.99. The predicted molar refractivity (Wildman–Crippen MR) is 79.9 cm³/mol.